The largest absolute Gasteiger partial charge is 0.334 e. The highest BCUT2D eigenvalue weighted by molar-refractivity contribution is 7.99. The molecule has 170 valence electrons. The number of nitrogens with two attached hydrogens (primary N) is 1. The molecule has 1 aromatic carbocycles. The molecule has 0 spiro atoms. The van der Waals surface area contributed by atoms with Crippen LogP contribution < -0.4 is 11.2 Å². The van der Waals surface area contributed by atoms with Gasteiger partial charge in [0.15, 0.2) is 0 Å². The van der Waals surface area contributed by atoms with E-state index in [2.05, 4.69) is 20.6 Å². The number of benzene rings is 1. The Kier molecular flexibility index (Phi) is 6.22. The number of amides is 1. The first kappa shape index (κ1) is 22.3. The van der Waals surface area contributed by atoms with Gasteiger partial charge < -0.3 is 11.2 Å². The van der Waals surface area contributed by atoms with E-state index in [4.69, 9.17) is 5.84 Å². The number of nitrogens with zero attached hydrogens (tertiary/aromatic N) is 6. The summed E-state index contributed by atoms with van der Waals surface area (Å²) in [5, 5.41) is 15.5. The molecule has 3 N–H and O–H groups in total. The number of nitrogen functional groups attached to an aromatic ring is 1. The molecule has 13 heteroatoms. The van der Waals surface area contributed by atoms with Gasteiger partial charge in [-0.15, -0.1) is 10.2 Å². The number of rotatable bonds is 7. The van der Waals surface area contributed by atoms with E-state index in [1.807, 2.05) is 19.9 Å². The van der Waals surface area contributed by atoms with Gasteiger partial charge in [-0.2, -0.15) is 9.40 Å². The summed E-state index contributed by atoms with van der Waals surface area (Å²) in [5.41, 5.74) is 2.10. The molecule has 0 radical (unpaired) electrons. The second kappa shape index (κ2) is 8.92. The molecule has 32 heavy (non-hydrogen) atoms. The maximum absolute atomic E-state index is 12.7. The van der Waals surface area contributed by atoms with E-state index in [0.717, 1.165) is 36.0 Å². The second-order valence-electron chi connectivity index (χ2n) is 7.47. The quantitative estimate of drug-likeness (QED) is 0.384. The number of thioether (sulfide) groups is 1. The fourth-order valence-electron chi connectivity index (χ4n) is 3.48. The van der Waals surface area contributed by atoms with Crippen LogP contribution >= 0.6 is 11.8 Å². The summed E-state index contributed by atoms with van der Waals surface area (Å²) < 4.78 is 29.8. The minimum atomic E-state index is -3.55. The monoisotopic (exact) mass is 476 g/mol. The lowest BCUT2D eigenvalue weighted by atomic mass is 10.3. The number of nitrogens with one attached hydrogen (secondary N) is 1. The zero-order valence-corrected chi connectivity index (χ0v) is 19.4. The average Bonchev–Trinajstić information content (AvgIpc) is 3.48. The van der Waals surface area contributed by atoms with Crippen LogP contribution in [0.1, 0.15) is 24.2 Å². The maximum atomic E-state index is 12.7. The van der Waals surface area contributed by atoms with Crippen LogP contribution in [0.4, 0.5) is 5.69 Å². The molecule has 2 aromatic heterocycles. The minimum Gasteiger partial charge on any atom is -0.334 e. The molecule has 3 heterocycles. The summed E-state index contributed by atoms with van der Waals surface area (Å²) in [6.07, 6.45) is 1.72. The molecule has 0 saturated carbocycles. The smallest absolute Gasteiger partial charge is 0.271 e. The number of anilines is 1. The number of carbonyl (C=O) groups is 1. The van der Waals surface area contributed by atoms with Crippen LogP contribution in [0.5, 0.6) is 0 Å². The molecule has 1 saturated heterocycles. The molecule has 1 amide bonds. The lowest BCUT2D eigenvalue weighted by molar-refractivity contribution is -0.113. The Morgan fingerprint density at radius 2 is 1.94 bits per heavy atom. The lowest BCUT2D eigenvalue weighted by Gasteiger charge is -2.16. The fraction of sp³-hybridized carbons (Fsp3) is 0.368. The highest BCUT2D eigenvalue weighted by Crippen LogP contribution is 2.23. The van der Waals surface area contributed by atoms with Gasteiger partial charge in [-0.3, -0.25) is 4.79 Å². The Morgan fingerprint density at radius 1 is 1.19 bits per heavy atom. The predicted octanol–water partition coefficient (Wildman–Crippen LogP) is 1.31. The number of hydrogen-bond donors (Lipinski definition) is 2. The molecule has 0 atom stereocenters. The number of aromatic nitrogens is 5. The number of carbonyl (C=O) groups excluding carboxylic acids is 1. The second-order valence-corrected chi connectivity index (χ2v) is 10.3. The number of sulfonamides is 1. The van der Waals surface area contributed by atoms with Gasteiger partial charge in [-0.05, 0) is 51.0 Å². The Balaban J connectivity index is 1.40. The van der Waals surface area contributed by atoms with Crippen LogP contribution in [0.3, 0.4) is 0 Å². The van der Waals surface area contributed by atoms with Crippen molar-refractivity contribution in [1.82, 2.24) is 29.0 Å². The van der Waals surface area contributed by atoms with Gasteiger partial charge in [0.1, 0.15) is 0 Å². The summed E-state index contributed by atoms with van der Waals surface area (Å²) in [4.78, 5) is 12.6. The lowest BCUT2D eigenvalue weighted by Crippen LogP contribution is -2.28. The van der Waals surface area contributed by atoms with Crippen molar-refractivity contribution in [2.45, 2.75) is 36.7 Å². The van der Waals surface area contributed by atoms with Crippen LogP contribution in [0.2, 0.25) is 0 Å². The van der Waals surface area contributed by atoms with Gasteiger partial charge in [-0.1, -0.05) is 17.8 Å². The zero-order valence-electron chi connectivity index (χ0n) is 17.7. The molecule has 1 aliphatic rings. The molecule has 3 aromatic rings. The Hall–Kier alpha value is -2.90. The third-order valence-electron chi connectivity index (χ3n) is 5.00. The normalized spacial score (nSPS) is 14.7. The van der Waals surface area contributed by atoms with E-state index in [-0.39, 0.29) is 16.6 Å². The third kappa shape index (κ3) is 4.49. The van der Waals surface area contributed by atoms with Crippen molar-refractivity contribution >= 4 is 33.4 Å². The van der Waals surface area contributed by atoms with Crippen LogP contribution in [0, 0.1) is 13.8 Å². The van der Waals surface area contributed by atoms with Crippen molar-refractivity contribution in [3.8, 4) is 5.95 Å². The standard InChI is InChI=1S/C19H24N8O3S2/c1-13-10-14(2)27(24-13)18-22-23-19(26(18)20)31-12-17(28)21-15-6-5-7-16(11-15)32(29,30)25-8-3-4-9-25/h5-7,10-11H,3-4,8-9,12,20H2,1-2H3,(H,21,28). The van der Waals surface area contributed by atoms with Gasteiger partial charge in [0.2, 0.25) is 21.1 Å². The van der Waals surface area contributed by atoms with Crippen molar-refractivity contribution in [1.29, 1.82) is 0 Å². The molecular weight excluding hydrogens is 452 g/mol. The fourth-order valence-corrected chi connectivity index (χ4v) is 5.70. The predicted molar refractivity (Wildman–Crippen MR) is 121 cm³/mol. The summed E-state index contributed by atoms with van der Waals surface area (Å²) in [6, 6.07) is 8.17. The first-order chi connectivity index (χ1) is 15.3. The SMILES string of the molecule is Cc1cc(C)n(-c2nnc(SCC(=O)Nc3cccc(S(=O)(=O)N4CCCC4)c3)n2N)n1. The van der Waals surface area contributed by atoms with Gasteiger partial charge in [0.25, 0.3) is 5.95 Å². The molecular formula is C19H24N8O3S2. The van der Waals surface area contributed by atoms with Crippen LogP contribution in [-0.2, 0) is 14.8 Å². The van der Waals surface area contributed by atoms with Crippen molar-refractivity contribution in [2.24, 2.45) is 0 Å². The first-order valence-corrected chi connectivity index (χ1v) is 12.5. The Bertz CT molecular complexity index is 1250. The third-order valence-corrected chi connectivity index (χ3v) is 7.84. The van der Waals surface area contributed by atoms with Gasteiger partial charge in [0, 0.05) is 24.5 Å². The molecule has 1 fully saturated rings. The van der Waals surface area contributed by atoms with Crippen LogP contribution in [0.25, 0.3) is 5.95 Å². The van der Waals surface area contributed by atoms with E-state index in [9.17, 15) is 13.2 Å². The summed E-state index contributed by atoms with van der Waals surface area (Å²) in [6.45, 7) is 4.79. The van der Waals surface area contributed by atoms with E-state index >= 15 is 0 Å². The van der Waals surface area contributed by atoms with E-state index < -0.39 is 10.0 Å². The maximum Gasteiger partial charge on any atom is 0.271 e. The zero-order chi connectivity index (χ0) is 22.9. The van der Waals surface area contributed by atoms with Crippen molar-refractivity contribution < 1.29 is 13.2 Å². The highest BCUT2D eigenvalue weighted by atomic mass is 32.2. The number of hydrogen-bond acceptors (Lipinski definition) is 8. The van der Waals surface area contributed by atoms with Gasteiger partial charge >= 0.3 is 0 Å². The van der Waals surface area contributed by atoms with Crippen LogP contribution in [-0.4, -0.2) is 62.1 Å². The van der Waals surface area contributed by atoms with Gasteiger partial charge in [-0.25, -0.2) is 17.8 Å². The first-order valence-electron chi connectivity index (χ1n) is 10.0. The van der Waals surface area contributed by atoms with Crippen LogP contribution in [0.15, 0.2) is 40.4 Å². The Morgan fingerprint density at radius 3 is 2.62 bits per heavy atom. The van der Waals surface area contributed by atoms with E-state index in [1.165, 1.54) is 21.1 Å². The van der Waals surface area contributed by atoms with E-state index in [0.29, 0.717) is 29.9 Å². The summed E-state index contributed by atoms with van der Waals surface area (Å²) in [5.74, 6) is 6.14. The molecule has 4 rings (SSSR count). The molecule has 0 bridgehead atoms. The highest BCUT2D eigenvalue weighted by Gasteiger charge is 2.27. The summed E-state index contributed by atoms with van der Waals surface area (Å²) >= 11 is 1.12. The van der Waals surface area contributed by atoms with Gasteiger partial charge in [0.05, 0.1) is 16.3 Å². The molecule has 0 unspecified atom stereocenters. The molecule has 1 aliphatic heterocycles. The Labute approximate surface area is 190 Å². The van der Waals surface area contributed by atoms with Crippen molar-refractivity contribution in [3.63, 3.8) is 0 Å². The number of aryl methyl sites for hydroxylation is 2. The topological polar surface area (TPSA) is 141 Å². The van der Waals surface area contributed by atoms with Crippen molar-refractivity contribution in [2.75, 3.05) is 30.0 Å². The molecule has 0 aliphatic carbocycles. The molecule has 11 nitrogen and oxygen atoms in total. The average molecular weight is 477 g/mol. The minimum absolute atomic E-state index is 0.0234. The van der Waals surface area contributed by atoms with E-state index in [1.54, 1.807) is 16.8 Å². The van der Waals surface area contributed by atoms with Crippen molar-refractivity contribution in [3.05, 3.63) is 41.7 Å². The summed E-state index contributed by atoms with van der Waals surface area (Å²) in [7, 11) is -3.55.